The second kappa shape index (κ2) is 7.95. The van der Waals surface area contributed by atoms with Crippen molar-refractivity contribution in [1.82, 2.24) is 9.80 Å². The number of para-hydroxylation sites is 1. The molecule has 0 aliphatic carbocycles. The average molecular weight is 362 g/mol. The van der Waals surface area contributed by atoms with Crippen molar-refractivity contribution in [2.45, 2.75) is 37.8 Å². The minimum atomic E-state index is -0.786. The van der Waals surface area contributed by atoms with Crippen LogP contribution in [0.15, 0.2) is 30.3 Å². The van der Waals surface area contributed by atoms with Gasteiger partial charge in [0.05, 0.1) is 13.1 Å². The van der Waals surface area contributed by atoms with Gasteiger partial charge in [-0.1, -0.05) is 25.1 Å². The van der Waals surface area contributed by atoms with Gasteiger partial charge in [-0.05, 0) is 18.6 Å². The van der Waals surface area contributed by atoms with Crippen molar-refractivity contribution in [2.75, 3.05) is 32.8 Å². The third-order valence-electron chi connectivity index (χ3n) is 5.24. The third kappa shape index (κ3) is 4.09. The largest absolute Gasteiger partial charge is 0.492 e. The minimum absolute atomic E-state index is 0.305. The number of carboxylic acids is 1. The SMILES string of the molecule is CCC(C(=O)O)N1CCC2(CC1)CN(CCOc1ccccc1)C(=O)O2. The highest BCUT2D eigenvalue weighted by atomic mass is 16.6. The van der Waals surface area contributed by atoms with Crippen LogP contribution >= 0.6 is 0 Å². The summed E-state index contributed by atoms with van der Waals surface area (Å²) < 4.78 is 11.3. The van der Waals surface area contributed by atoms with Gasteiger partial charge in [-0.25, -0.2) is 4.79 Å². The van der Waals surface area contributed by atoms with Crippen LogP contribution in [0.1, 0.15) is 26.2 Å². The lowest BCUT2D eigenvalue weighted by Gasteiger charge is -2.39. The van der Waals surface area contributed by atoms with Crippen LogP contribution in [0.25, 0.3) is 0 Å². The van der Waals surface area contributed by atoms with E-state index in [-0.39, 0.29) is 6.09 Å². The van der Waals surface area contributed by atoms with Gasteiger partial charge < -0.3 is 19.5 Å². The van der Waals surface area contributed by atoms with E-state index in [4.69, 9.17) is 9.47 Å². The van der Waals surface area contributed by atoms with Gasteiger partial charge in [0, 0.05) is 25.9 Å². The molecular weight excluding hydrogens is 336 g/mol. The zero-order chi connectivity index (χ0) is 18.6. The topological polar surface area (TPSA) is 79.3 Å². The molecule has 142 valence electrons. The van der Waals surface area contributed by atoms with Crippen LogP contribution in [-0.2, 0) is 9.53 Å². The lowest BCUT2D eigenvalue weighted by Crippen LogP contribution is -2.52. The Kier molecular flexibility index (Phi) is 5.66. The molecule has 0 bridgehead atoms. The summed E-state index contributed by atoms with van der Waals surface area (Å²) in [6.45, 7) is 4.58. The average Bonchev–Trinajstić information content (AvgIpc) is 2.93. The van der Waals surface area contributed by atoms with Gasteiger partial charge in [-0.2, -0.15) is 0 Å². The normalized spacial score (nSPS) is 20.8. The third-order valence-corrected chi connectivity index (χ3v) is 5.24. The number of piperidine rings is 1. The Hall–Kier alpha value is -2.28. The van der Waals surface area contributed by atoms with Gasteiger partial charge in [0.1, 0.15) is 24.0 Å². The van der Waals surface area contributed by atoms with Crippen LogP contribution in [-0.4, -0.2) is 71.4 Å². The maximum atomic E-state index is 12.2. The molecule has 0 aromatic heterocycles. The lowest BCUT2D eigenvalue weighted by atomic mass is 9.90. The molecule has 1 atom stereocenters. The summed E-state index contributed by atoms with van der Waals surface area (Å²) in [5, 5.41) is 9.31. The summed E-state index contributed by atoms with van der Waals surface area (Å²) in [7, 11) is 0. The molecule has 1 aromatic rings. The standard InChI is InChI=1S/C19H26N2O5/c1-2-16(17(22)23)20-10-8-19(9-11-20)14-21(18(24)26-19)12-13-25-15-6-4-3-5-7-15/h3-7,16H,2,8-14H2,1H3,(H,22,23). The molecular formula is C19H26N2O5. The molecule has 26 heavy (non-hydrogen) atoms. The Balaban J connectivity index is 1.49. The number of carbonyl (C=O) groups excluding carboxylic acids is 1. The van der Waals surface area contributed by atoms with Crippen molar-refractivity contribution in [3.63, 3.8) is 0 Å². The van der Waals surface area contributed by atoms with Crippen LogP contribution in [0.3, 0.4) is 0 Å². The molecule has 2 fully saturated rings. The zero-order valence-corrected chi connectivity index (χ0v) is 15.1. The van der Waals surface area contributed by atoms with Gasteiger partial charge in [0.2, 0.25) is 0 Å². The van der Waals surface area contributed by atoms with E-state index in [1.165, 1.54) is 0 Å². The van der Waals surface area contributed by atoms with E-state index in [2.05, 4.69) is 0 Å². The molecule has 0 radical (unpaired) electrons. The number of hydrogen-bond donors (Lipinski definition) is 1. The molecule has 1 amide bonds. The highest BCUT2D eigenvalue weighted by Crippen LogP contribution is 2.34. The Bertz CT molecular complexity index is 628. The van der Waals surface area contributed by atoms with E-state index in [0.717, 1.165) is 5.75 Å². The summed E-state index contributed by atoms with van der Waals surface area (Å²) >= 11 is 0. The number of aliphatic carboxylic acids is 1. The number of amides is 1. The summed E-state index contributed by atoms with van der Waals surface area (Å²) in [6.07, 6.45) is 1.60. The fourth-order valence-corrected chi connectivity index (χ4v) is 3.75. The van der Waals surface area contributed by atoms with E-state index in [0.29, 0.717) is 52.0 Å². The lowest BCUT2D eigenvalue weighted by molar-refractivity contribution is -0.145. The first-order chi connectivity index (χ1) is 12.5. The number of likely N-dealkylation sites (tertiary alicyclic amines) is 1. The molecule has 0 saturated carbocycles. The summed E-state index contributed by atoms with van der Waals surface area (Å²) in [4.78, 5) is 27.2. The molecule has 1 spiro atoms. The quantitative estimate of drug-likeness (QED) is 0.801. The van der Waals surface area contributed by atoms with Crippen LogP contribution in [0.4, 0.5) is 4.79 Å². The van der Waals surface area contributed by atoms with Crippen LogP contribution in [0.2, 0.25) is 0 Å². The molecule has 1 aromatic carbocycles. The number of hydrogen-bond acceptors (Lipinski definition) is 5. The van der Waals surface area contributed by atoms with Crippen molar-refractivity contribution in [3.8, 4) is 5.75 Å². The van der Waals surface area contributed by atoms with Crippen molar-refractivity contribution in [1.29, 1.82) is 0 Å². The molecule has 1 unspecified atom stereocenters. The predicted molar refractivity (Wildman–Crippen MR) is 95.2 cm³/mol. The van der Waals surface area contributed by atoms with Crippen molar-refractivity contribution < 1.29 is 24.2 Å². The second-order valence-corrected chi connectivity index (χ2v) is 6.93. The van der Waals surface area contributed by atoms with E-state index >= 15 is 0 Å². The summed E-state index contributed by atoms with van der Waals surface area (Å²) in [5.41, 5.74) is -0.489. The van der Waals surface area contributed by atoms with Crippen molar-refractivity contribution in [3.05, 3.63) is 30.3 Å². The smallest absolute Gasteiger partial charge is 0.410 e. The van der Waals surface area contributed by atoms with Crippen LogP contribution < -0.4 is 4.74 Å². The first-order valence-corrected chi connectivity index (χ1v) is 9.15. The van der Waals surface area contributed by atoms with Crippen molar-refractivity contribution in [2.24, 2.45) is 0 Å². The fraction of sp³-hybridized carbons (Fsp3) is 0.579. The number of carboxylic acid groups (broad SMARTS) is 1. The Morgan fingerprint density at radius 3 is 2.62 bits per heavy atom. The van der Waals surface area contributed by atoms with Gasteiger partial charge in [0.15, 0.2) is 0 Å². The molecule has 2 aliphatic heterocycles. The van der Waals surface area contributed by atoms with Gasteiger partial charge in [-0.3, -0.25) is 9.69 Å². The van der Waals surface area contributed by atoms with E-state index < -0.39 is 17.6 Å². The van der Waals surface area contributed by atoms with E-state index in [1.54, 1.807) is 4.90 Å². The molecule has 7 nitrogen and oxygen atoms in total. The highest BCUT2D eigenvalue weighted by Gasteiger charge is 2.47. The Labute approximate surface area is 153 Å². The van der Waals surface area contributed by atoms with Gasteiger partial charge >= 0.3 is 12.1 Å². The predicted octanol–water partition coefficient (Wildman–Crippen LogP) is 2.22. The van der Waals surface area contributed by atoms with Crippen LogP contribution in [0, 0.1) is 0 Å². The Morgan fingerprint density at radius 1 is 1.31 bits per heavy atom. The molecule has 3 rings (SSSR count). The maximum absolute atomic E-state index is 12.2. The molecule has 2 saturated heterocycles. The first-order valence-electron chi connectivity index (χ1n) is 9.15. The number of benzene rings is 1. The fourth-order valence-electron chi connectivity index (χ4n) is 3.75. The minimum Gasteiger partial charge on any atom is -0.492 e. The maximum Gasteiger partial charge on any atom is 0.410 e. The number of nitrogens with zero attached hydrogens (tertiary/aromatic N) is 2. The molecule has 2 aliphatic rings. The van der Waals surface area contributed by atoms with Gasteiger partial charge in [0.25, 0.3) is 0 Å². The number of ether oxygens (including phenoxy) is 2. The molecule has 1 N–H and O–H groups in total. The summed E-state index contributed by atoms with van der Waals surface area (Å²) in [5.74, 6) is -0.00563. The number of carbonyl (C=O) groups is 2. The van der Waals surface area contributed by atoms with E-state index in [1.807, 2.05) is 42.2 Å². The Morgan fingerprint density at radius 2 is 2.00 bits per heavy atom. The zero-order valence-electron chi connectivity index (χ0n) is 15.1. The highest BCUT2D eigenvalue weighted by molar-refractivity contribution is 5.73. The number of rotatable bonds is 7. The van der Waals surface area contributed by atoms with Crippen molar-refractivity contribution >= 4 is 12.1 Å². The van der Waals surface area contributed by atoms with Crippen LogP contribution in [0.5, 0.6) is 5.75 Å². The second-order valence-electron chi connectivity index (χ2n) is 6.93. The van der Waals surface area contributed by atoms with Gasteiger partial charge in [-0.15, -0.1) is 0 Å². The molecule has 7 heteroatoms. The summed E-state index contributed by atoms with van der Waals surface area (Å²) in [6, 6.07) is 9.04. The monoisotopic (exact) mass is 362 g/mol. The molecule has 2 heterocycles. The first kappa shape index (κ1) is 18.5. The van der Waals surface area contributed by atoms with E-state index in [9.17, 15) is 14.7 Å².